The van der Waals surface area contributed by atoms with Gasteiger partial charge in [-0.05, 0) is 70.0 Å². The molecule has 2 aliphatic heterocycles. The lowest BCUT2D eigenvalue weighted by molar-refractivity contribution is 0.0644. The quantitative estimate of drug-likeness (QED) is 0.415. The van der Waals surface area contributed by atoms with E-state index in [0.717, 1.165) is 38.1 Å². The van der Waals surface area contributed by atoms with Crippen LogP contribution in [0.5, 0.6) is 5.88 Å². The molecule has 5 rings (SSSR count). The zero-order valence-corrected chi connectivity index (χ0v) is 21.9. The Morgan fingerprint density at radius 2 is 1.71 bits per heavy atom. The first-order valence-corrected chi connectivity index (χ1v) is 13.3. The van der Waals surface area contributed by atoms with Crippen molar-refractivity contribution in [2.45, 2.75) is 44.8 Å². The van der Waals surface area contributed by atoms with Crippen LogP contribution < -0.4 is 10.5 Å². The summed E-state index contributed by atoms with van der Waals surface area (Å²) >= 11 is 5.96. The minimum Gasteiger partial charge on any atom is -0.467 e. The molecule has 0 bridgehead atoms. The minimum absolute atomic E-state index is 0.00216. The molecule has 3 aromatic rings. The Morgan fingerprint density at radius 1 is 1.05 bits per heavy atom. The summed E-state index contributed by atoms with van der Waals surface area (Å²) in [5.41, 5.74) is 7.58. The molecule has 2 aromatic carbocycles. The van der Waals surface area contributed by atoms with Gasteiger partial charge in [0.05, 0.1) is 16.9 Å². The average molecular weight is 542 g/mol. The smallest absolute Gasteiger partial charge is 0.258 e. The summed E-state index contributed by atoms with van der Waals surface area (Å²) in [5, 5.41) is -0.360. The van der Waals surface area contributed by atoms with Crippen molar-refractivity contribution in [3.63, 3.8) is 0 Å². The lowest BCUT2D eigenvalue weighted by atomic mass is 10.0. The number of piperidine rings is 1. The maximum atomic E-state index is 14.3. The molecule has 3 heterocycles. The molecule has 7 nitrogen and oxygen atoms in total. The number of halogens is 3. The molecular formula is C28H30ClF2N5O2. The van der Waals surface area contributed by atoms with E-state index in [9.17, 15) is 13.6 Å². The van der Waals surface area contributed by atoms with E-state index in [1.165, 1.54) is 39.1 Å². The van der Waals surface area contributed by atoms with E-state index in [4.69, 9.17) is 22.1 Å². The summed E-state index contributed by atoms with van der Waals surface area (Å²) < 4.78 is 33.9. The van der Waals surface area contributed by atoms with Gasteiger partial charge in [-0.1, -0.05) is 23.7 Å². The van der Waals surface area contributed by atoms with Crippen LogP contribution in [0.15, 0.2) is 42.6 Å². The number of rotatable bonds is 6. The zero-order chi connectivity index (χ0) is 26.8. The van der Waals surface area contributed by atoms with Crippen LogP contribution in [-0.2, 0) is 0 Å². The summed E-state index contributed by atoms with van der Waals surface area (Å²) in [6.45, 7) is 5.40. The van der Waals surface area contributed by atoms with Crippen molar-refractivity contribution >= 4 is 23.3 Å². The third-order valence-electron chi connectivity index (χ3n) is 7.38. The third-order valence-corrected chi connectivity index (χ3v) is 7.76. The molecule has 0 saturated carbocycles. The van der Waals surface area contributed by atoms with E-state index in [1.807, 2.05) is 4.90 Å². The average Bonchev–Trinajstić information content (AvgIpc) is 3.47. The van der Waals surface area contributed by atoms with Crippen LogP contribution in [0.25, 0.3) is 11.3 Å². The number of benzene rings is 2. The number of aromatic nitrogens is 2. The highest BCUT2D eigenvalue weighted by Crippen LogP contribution is 2.33. The number of hydrogen-bond acceptors (Lipinski definition) is 6. The predicted molar refractivity (Wildman–Crippen MR) is 142 cm³/mol. The van der Waals surface area contributed by atoms with Crippen LogP contribution in [0.2, 0.25) is 5.02 Å². The second-order valence-corrected chi connectivity index (χ2v) is 10.2. The Morgan fingerprint density at radius 3 is 2.39 bits per heavy atom. The highest BCUT2D eigenvalue weighted by atomic mass is 35.5. The molecule has 38 heavy (non-hydrogen) atoms. The molecule has 10 heteroatoms. The van der Waals surface area contributed by atoms with Gasteiger partial charge in [0, 0.05) is 35.8 Å². The summed E-state index contributed by atoms with van der Waals surface area (Å²) in [7, 11) is 0. The molecule has 0 aliphatic carbocycles. The summed E-state index contributed by atoms with van der Waals surface area (Å²) in [6, 6.07) is 9.65. The van der Waals surface area contributed by atoms with E-state index in [2.05, 4.69) is 14.9 Å². The molecule has 1 aromatic heterocycles. The van der Waals surface area contributed by atoms with Crippen molar-refractivity contribution in [3.05, 3.63) is 70.4 Å². The number of carbonyl (C=O) groups is 1. The van der Waals surface area contributed by atoms with Gasteiger partial charge in [-0.3, -0.25) is 4.79 Å². The first-order chi connectivity index (χ1) is 18.3. The number of nitrogens with zero attached hydrogens (tertiary/aromatic N) is 4. The standard InChI is InChI=1S/C28H30ClF2N5O2/c1-17(24-21(30)8-9-22(31)25(24)29)38-27-26(32)33-16-23(34-27)18-4-6-19(7-5-18)28(37)36-14-10-20(11-15-36)35-12-2-3-13-35/h4-9,16-17,20H,2-3,10-15H2,1H3,(H2,32,33). The van der Waals surface area contributed by atoms with Crippen LogP contribution >= 0.6 is 11.6 Å². The van der Waals surface area contributed by atoms with Crippen molar-refractivity contribution < 1.29 is 18.3 Å². The molecule has 1 amide bonds. The van der Waals surface area contributed by atoms with Crippen LogP contribution in [0.3, 0.4) is 0 Å². The van der Waals surface area contributed by atoms with Gasteiger partial charge in [0.1, 0.15) is 17.7 Å². The largest absolute Gasteiger partial charge is 0.467 e. The van der Waals surface area contributed by atoms with Crippen molar-refractivity contribution in [2.24, 2.45) is 0 Å². The van der Waals surface area contributed by atoms with E-state index in [0.29, 0.717) is 22.9 Å². The van der Waals surface area contributed by atoms with E-state index in [-0.39, 0.29) is 28.2 Å². The van der Waals surface area contributed by atoms with E-state index < -0.39 is 17.7 Å². The molecule has 2 N–H and O–H groups in total. The monoisotopic (exact) mass is 541 g/mol. The molecule has 2 saturated heterocycles. The number of carbonyl (C=O) groups excluding carboxylic acids is 1. The second-order valence-electron chi connectivity index (χ2n) is 9.81. The number of ether oxygens (including phenoxy) is 1. The van der Waals surface area contributed by atoms with Crippen LogP contribution in [0, 0.1) is 11.6 Å². The maximum absolute atomic E-state index is 14.3. The van der Waals surface area contributed by atoms with Gasteiger partial charge in [-0.25, -0.2) is 18.7 Å². The van der Waals surface area contributed by atoms with Gasteiger partial charge in [0.15, 0.2) is 5.82 Å². The number of amides is 1. The molecule has 0 spiro atoms. The van der Waals surface area contributed by atoms with Gasteiger partial charge in [-0.15, -0.1) is 0 Å². The Balaban J connectivity index is 1.27. The van der Waals surface area contributed by atoms with Gasteiger partial charge in [0.25, 0.3) is 11.8 Å². The van der Waals surface area contributed by atoms with Crippen molar-refractivity contribution in [1.82, 2.24) is 19.8 Å². The molecule has 0 radical (unpaired) electrons. The highest BCUT2D eigenvalue weighted by Gasteiger charge is 2.28. The molecule has 2 aliphatic rings. The van der Waals surface area contributed by atoms with Gasteiger partial charge in [0.2, 0.25) is 0 Å². The van der Waals surface area contributed by atoms with Crippen LogP contribution in [-0.4, -0.2) is 57.9 Å². The van der Waals surface area contributed by atoms with Gasteiger partial charge < -0.3 is 20.3 Å². The van der Waals surface area contributed by atoms with Crippen molar-refractivity contribution in [2.75, 3.05) is 31.9 Å². The Kier molecular flexibility index (Phi) is 7.76. The minimum atomic E-state index is -0.973. The number of anilines is 1. The van der Waals surface area contributed by atoms with Crippen molar-refractivity contribution in [3.8, 4) is 17.1 Å². The van der Waals surface area contributed by atoms with E-state index >= 15 is 0 Å². The normalized spacial score (nSPS) is 17.5. The zero-order valence-electron chi connectivity index (χ0n) is 21.2. The summed E-state index contributed by atoms with van der Waals surface area (Å²) in [4.78, 5) is 26.2. The first kappa shape index (κ1) is 26.3. The number of nitrogens with two attached hydrogens (primary N) is 1. The number of likely N-dealkylation sites (tertiary alicyclic amines) is 2. The summed E-state index contributed by atoms with van der Waals surface area (Å²) in [5.74, 6) is -1.47. The predicted octanol–water partition coefficient (Wildman–Crippen LogP) is 5.50. The van der Waals surface area contributed by atoms with Crippen LogP contribution in [0.1, 0.15) is 54.6 Å². The molecule has 200 valence electrons. The fourth-order valence-corrected chi connectivity index (χ4v) is 5.56. The van der Waals surface area contributed by atoms with Gasteiger partial charge in [-0.2, -0.15) is 0 Å². The third kappa shape index (κ3) is 5.44. The highest BCUT2D eigenvalue weighted by molar-refractivity contribution is 6.31. The Labute approximate surface area is 225 Å². The second kappa shape index (κ2) is 11.2. The SMILES string of the molecule is CC(Oc1nc(-c2ccc(C(=O)N3CCC(N4CCCC4)CC3)cc2)cnc1N)c1c(F)ccc(F)c1Cl. The van der Waals surface area contributed by atoms with Crippen LogP contribution in [0.4, 0.5) is 14.6 Å². The Hall–Kier alpha value is -3.30. The molecule has 2 fully saturated rings. The fourth-order valence-electron chi connectivity index (χ4n) is 5.26. The lowest BCUT2D eigenvalue weighted by Gasteiger charge is -2.36. The van der Waals surface area contributed by atoms with Gasteiger partial charge >= 0.3 is 0 Å². The molecule has 1 unspecified atom stereocenters. The first-order valence-electron chi connectivity index (χ1n) is 12.9. The number of hydrogen-bond donors (Lipinski definition) is 1. The fraction of sp³-hybridized carbons (Fsp3) is 0.393. The number of nitrogen functional groups attached to an aromatic ring is 1. The van der Waals surface area contributed by atoms with E-state index in [1.54, 1.807) is 24.3 Å². The topological polar surface area (TPSA) is 84.6 Å². The lowest BCUT2D eigenvalue weighted by Crippen LogP contribution is -2.45. The molecular weight excluding hydrogens is 512 g/mol. The van der Waals surface area contributed by atoms with Crippen molar-refractivity contribution in [1.29, 1.82) is 0 Å². The summed E-state index contributed by atoms with van der Waals surface area (Å²) in [6.07, 6.45) is 5.09. The maximum Gasteiger partial charge on any atom is 0.258 e. The molecule has 1 atom stereocenters. The Bertz CT molecular complexity index is 1310.